The number of rotatable bonds is 2. The summed E-state index contributed by atoms with van der Waals surface area (Å²) in [6.45, 7) is 5.10. The topological polar surface area (TPSA) is 93.7 Å². The number of carbonyl (C=O) groups is 3. The van der Waals surface area contributed by atoms with Crippen LogP contribution >= 0.6 is 0 Å². The molecule has 0 radical (unpaired) electrons. The molecule has 0 aromatic rings. The lowest BCUT2D eigenvalue weighted by Crippen LogP contribution is -2.72. The Bertz CT molecular complexity index is 347. The highest BCUT2D eigenvalue weighted by Crippen LogP contribution is 2.11. The summed E-state index contributed by atoms with van der Waals surface area (Å²) in [5.41, 5.74) is -0.662. The smallest absolute Gasteiger partial charge is 0.408 e. The predicted octanol–water partition coefficient (Wildman–Crippen LogP) is -0.449. The van der Waals surface area contributed by atoms with Crippen LogP contribution < -0.4 is 10.6 Å². The fraction of sp³-hybridized carbons (Fsp3) is 0.700. The van der Waals surface area contributed by atoms with E-state index in [1.165, 1.54) is 7.11 Å². The van der Waals surface area contributed by atoms with Crippen LogP contribution in [0.2, 0.25) is 0 Å². The van der Waals surface area contributed by atoms with E-state index < -0.39 is 35.7 Å². The van der Waals surface area contributed by atoms with Gasteiger partial charge in [-0.1, -0.05) is 0 Å². The molecular formula is C10H16N2O5. The molecule has 2 N–H and O–H groups in total. The Morgan fingerprint density at radius 3 is 2.35 bits per heavy atom. The maximum atomic E-state index is 11.4. The summed E-state index contributed by atoms with van der Waals surface area (Å²) < 4.78 is 9.44. The summed E-state index contributed by atoms with van der Waals surface area (Å²) in [6.07, 6.45) is -0.744. The second-order valence-electron chi connectivity index (χ2n) is 4.63. The number of hydrogen-bond acceptors (Lipinski definition) is 5. The van der Waals surface area contributed by atoms with Gasteiger partial charge in [-0.25, -0.2) is 9.59 Å². The Morgan fingerprint density at radius 2 is 1.94 bits per heavy atom. The number of ether oxygens (including phenoxy) is 2. The third-order valence-electron chi connectivity index (χ3n) is 2.04. The minimum absolute atomic E-state index is 0.439. The van der Waals surface area contributed by atoms with Crippen LogP contribution in [0, 0.1) is 0 Å². The van der Waals surface area contributed by atoms with Crippen LogP contribution in [0.15, 0.2) is 0 Å². The quantitative estimate of drug-likeness (QED) is 0.507. The normalized spacial score (nSPS) is 23.2. The number of alkyl carbamates (subject to hydrolysis) is 1. The Kier molecular flexibility index (Phi) is 3.59. The molecule has 1 heterocycles. The van der Waals surface area contributed by atoms with Crippen LogP contribution in [0.4, 0.5) is 4.79 Å². The Labute approximate surface area is 98.8 Å². The largest absolute Gasteiger partial charge is 0.467 e. The fourth-order valence-corrected chi connectivity index (χ4v) is 1.29. The highest BCUT2D eigenvalue weighted by molar-refractivity contribution is 6.01. The molecule has 1 fully saturated rings. The van der Waals surface area contributed by atoms with Gasteiger partial charge in [0.1, 0.15) is 11.6 Å². The monoisotopic (exact) mass is 244 g/mol. The van der Waals surface area contributed by atoms with Crippen molar-refractivity contribution in [3.63, 3.8) is 0 Å². The summed E-state index contributed by atoms with van der Waals surface area (Å²) >= 11 is 0. The van der Waals surface area contributed by atoms with E-state index in [0.29, 0.717) is 0 Å². The van der Waals surface area contributed by atoms with Gasteiger partial charge < -0.3 is 20.1 Å². The average Bonchev–Trinajstić information content (AvgIpc) is 2.19. The van der Waals surface area contributed by atoms with Crippen LogP contribution in [0.25, 0.3) is 0 Å². The van der Waals surface area contributed by atoms with Gasteiger partial charge in [0.05, 0.1) is 7.11 Å². The summed E-state index contributed by atoms with van der Waals surface area (Å²) in [4.78, 5) is 33.8. The molecule has 1 aliphatic heterocycles. The zero-order valence-electron chi connectivity index (χ0n) is 10.2. The molecule has 2 atom stereocenters. The second kappa shape index (κ2) is 4.60. The Hall–Kier alpha value is -1.79. The zero-order valence-corrected chi connectivity index (χ0v) is 10.2. The molecule has 2 amide bonds. The lowest BCUT2D eigenvalue weighted by Gasteiger charge is -2.35. The van der Waals surface area contributed by atoms with Gasteiger partial charge in [0.2, 0.25) is 5.91 Å². The maximum absolute atomic E-state index is 11.4. The first-order valence-electron chi connectivity index (χ1n) is 5.12. The van der Waals surface area contributed by atoms with Crippen LogP contribution in [-0.2, 0) is 19.1 Å². The Balaban J connectivity index is 2.53. The summed E-state index contributed by atoms with van der Waals surface area (Å²) in [7, 11) is 1.21. The minimum Gasteiger partial charge on any atom is -0.467 e. The van der Waals surface area contributed by atoms with Crippen LogP contribution in [0.1, 0.15) is 20.8 Å². The van der Waals surface area contributed by atoms with Gasteiger partial charge in [0.25, 0.3) is 0 Å². The van der Waals surface area contributed by atoms with Crippen molar-refractivity contribution in [1.82, 2.24) is 10.6 Å². The predicted molar refractivity (Wildman–Crippen MR) is 57.1 cm³/mol. The number of amides is 2. The Morgan fingerprint density at radius 1 is 1.35 bits per heavy atom. The molecule has 1 rings (SSSR count). The van der Waals surface area contributed by atoms with Crippen molar-refractivity contribution >= 4 is 18.0 Å². The van der Waals surface area contributed by atoms with E-state index >= 15 is 0 Å². The van der Waals surface area contributed by atoms with Crippen LogP contribution in [0.5, 0.6) is 0 Å². The second-order valence-corrected chi connectivity index (χ2v) is 4.63. The van der Waals surface area contributed by atoms with Crippen molar-refractivity contribution in [3.05, 3.63) is 0 Å². The number of carbonyl (C=O) groups excluding carboxylic acids is 3. The molecule has 96 valence electrons. The molecular weight excluding hydrogens is 228 g/mol. The fourth-order valence-electron chi connectivity index (χ4n) is 1.29. The highest BCUT2D eigenvalue weighted by atomic mass is 16.6. The molecule has 0 saturated carbocycles. The van der Waals surface area contributed by atoms with Gasteiger partial charge in [-0.15, -0.1) is 0 Å². The number of β-lactam (4-membered cyclic amide) rings is 1. The van der Waals surface area contributed by atoms with E-state index in [4.69, 9.17) is 4.74 Å². The SMILES string of the molecule is COC(=O)C1NC(=O)C1NC(=O)OC(C)(C)C. The lowest BCUT2D eigenvalue weighted by molar-refractivity contribution is -0.153. The number of esters is 1. The van der Waals surface area contributed by atoms with Crippen molar-refractivity contribution in [2.24, 2.45) is 0 Å². The van der Waals surface area contributed by atoms with Crippen molar-refractivity contribution in [1.29, 1.82) is 0 Å². The molecule has 1 saturated heterocycles. The molecule has 17 heavy (non-hydrogen) atoms. The third kappa shape index (κ3) is 3.33. The van der Waals surface area contributed by atoms with Crippen molar-refractivity contribution in [2.45, 2.75) is 38.5 Å². The molecule has 1 aliphatic rings. The molecule has 0 aliphatic carbocycles. The lowest BCUT2D eigenvalue weighted by atomic mass is 9.99. The number of nitrogens with one attached hydrogen (secondary N) is 2. The van der Waals surface area contributed by atoms with Gasteiger partial charge in [0, 0.05) is 0 Å². The summed E-state index contributed by atoms with van der Waals surface area (Å²) in [5, 5.41) is 4.64. The maximum Gasteiger partial charge on any atom is 0.408 e. The summed E-state index contributed by atoms with van der Waals surface area (Å²) in [5.74, 6) is -1.04. The van der Waals surface area contributed by atoms with Gasteiger partial charge >= 0.3 is 12.1 Å². The number of hydrogen-bond donors (Lipinski definition) is 2. The van der Waals surface area contributed by atoms with Crippen LogP contribution in [-0.4, -0.2) is 42.8 Å². The van der Waals surface area contributed by atoms with Gasteiger partial charge in [-0.05, 0) is 20.8 Å². The number of methoxy groups -OCH3 is 1. The van der Waals surface area contributed by atoms with Gasteiger partial charge in [0.15, 0.2) is 6.04 Å². The van der Waals surface area contributed by atoms with E-state index in [2.05, 4.69) is 15.4 Å². The highest BCUT2D eigenvalue weighted by Gasteiger charge is 2.46. The standard InChI is InChI=1S/C10H16N2O5/c1-10(2,3)17-9(15)12-5-6(8(14)16-4)11-7(5)13/h5-6H,1-4H3,(H,11,13)(H,12,15). The van der Waals surface area contributed by atoms with Gasteiger partial charge in [-0.3, -0.25) is 4.79 Å². The van der Waals surface area contributed by atoms with E-state index in [1.54, 1.807) is 20.8 Å². The van der Waals surface area contributed by atoms with E-state index in [0.717, 1.165) is 0 Å². The van der Waals surface area contributed by atoms with Crippen LogP contribution in [0.3, 0.4) is 0 Å². The van der Waals surface area contributed by atoms with Gasteiger partial charge in [-0.2, -0.15) is 0 Å². The first-order valence-corrected chi connectivity index (χ1v) is 5.12. The molecule has 0 aromatic carbocycles. The van der Waals surface area contributed by atoms with E-state index in [1.807, 2.05) is 0 Å². The molecule has 0 aromatic heterocycles. The first kappa shape index (κ1) is 13.3. The minimum atomic E-state index is -0.933. The molecule has 0 bridgehead atoms. The van der Waals surface area contributed by atoms with E-state index in [9.17, 15) is 14.4 Å². The van der Waals surface area contributed by atoms with E-state index in [-0.39, 0.29) is 0 Å². The average molecular weight is 244 g/mol. The zero-order chi connectivity index (χ0) is 13.2. The third-order valence-corrected chi connectivity index (χ3v) is 2.04. The van der Waals surface area contributed by atoms with Crippen molar-refractivity contribution < 1.29 is 23.9 Å². The van der Waals surface area contributed by atoms with Crippen molar-refractivity contribution in [3.8, 4) is 0 Å². The first-order chi connectivity index (χ1) is 7.74. The molecule has 7 heteroatoms. The molecule has 0 spiro atoms. The molecule has 7 nitrogen and oxygen atoms in total. The molecule has 2 unspecified atom stereocenters. The summed E-state index contributed by atoms with van der Waals surface area (Å²) in [6, 6.07) is -1.78. The van der Waals surface area contributed by atoms with Crippen molar-refractivity contribution in [2.75, 3.05) is 7.11 Å².